The van der Waals surface area contributed by atoms with Crippen LogP contribution < -0.4 is 10.6 Å². The summed E-state index contributed by atoms with van der Waals surface area (Å²) < 4.78 is 45.1. The molecule has 2 heterocycles. The molecule has 0 bridgehead atoms. The van der Waals surface area contributed by atoms with E-state index in [0.29, 0.717) is 25.4 Å². The average molecular weight is 380 g/mol. The van der Waals surface area contributed by atoms with Crippen LogP contribution in [0.3, 0.4) is 0 Å². The molecular weight excluding hydrogens is 361 g/mol. The maximum atomic E-state index is 13.7. The Kier molecular flexibility index (Phi) is 6.25. The predicted octanol–water partition coefficient (Wildman–Crippen LogP) is 2.30. The highest BCUT2D eigenvalue weighted by molar-refractivity contribution is 5.92. The van der Waals surface area contributed by atoms with Gasteiger partial charge in [-0.3, -0.25) is 9.69 Å². The molecule has 0 radical (unpaired) electrons. The molecule has 1 aliphatic rings. The Morgan fingerprint density at radius 3 is 2.59 bits per heavy atom. The lowest BCUT2D eigenvalue weighted by Crippen LogP contribution is -2.41. The van der Waals surface area contributed by atoms with Crippen LogP contribution in [0.25, 0.3) is 0 Å². The Morgan fingerprint density at radius 1 is 1.11 bits per heavy atom. The van der Waals surface area contributed by atoms with Gasteiger partial charge in [0.25, 0.3) is 5.91 Å². The van der Waals surface area contributed by atoms with Crippen molar-refractivity contribution in [1.82, 2.24) is 15.2 Å². The van der Waals surface area contributed by atoms with Gasteiger partial charge in [0.2, 0.25) is 0 Å². The van der Waals surface area contributed by atoms with Crippen LogP contribution >= 0.6 is 0 Å². The molecular formula is C18H19F3N4O2. The Bertz CT molecular complexity index is 796. The quantitative estimate of drug-likeness (QED) is 0.753. The fourth-order valence-electron chi connectivity index (χ4n) is 2.62. The highest BCUT2D eigenvalue weighted by Crippen LogP contribution is 2.23. The average Bonchev–Trinajstić information content (AvgIpc) is 2.70. The molecule has 0 atom stereocenters. The number of rotatable bonds is 6. The molecule has 3 rings (SSSR count). The molecule has 0 saturated carbocycles. The minimum atomic E-state index is -1.55. The molecule has 1 amide bonds. The molecule has 144 valence electrons. The number of nitrogens with zero attached hydrogens (tertiary/aromatic N) is 2. The van der Waals surface area contributed by atoms with Crippen molar-refractivity contribution in [1.29, 1.82) is 0 Å². The van der Waals surface area contributed by atoms with Crippen molar-refractivity contribution in [2.24, 2.45) is 0 Å². The molecule has 27 heavy (non-hydrogen) atoms. The third-order valence-electron chi connectivity index (χ3n) is 4.13. The highest BCUT2D eigenvalue weighted by Gasteiger charge is 2.14. The lowest BCUT2D eigenvalue weighted by Gasteiger charge is -2.26. The van der Waals surface area contributed by atoms with Gasteiger partial charge >= 0.3 is 0 Å². The van der Waals surface area contributed by atoms with Gasteiger partial charge in [-0.05, 0) is 24.3 Å². The molecule has 1 aromatic heterocycles. The molecule has 1 fully saturated rings. The fraction of sp³-hybridized carbons (Fsp3) is 0.333. The van der Waals surface area contributed by atoms with Crippen LogP contribution in [0.4, 0.5) is 24.5 Å². The van der Waals surface area contributed by atoms with Crippen molar-refractivity contribution in [3.05, 3.63) is 53.6 Å². The van der Waals surface area contributed by atoms with Gasteiger partial charge in [0.15, 0.2) is 17.5 Å². The number of benzene rings is 1. The van der Waals surface area contributed by atoms with Gasteiger partial charge in [-0.25, -0.2) is 18.2 Å². The van der Waals surface area contributed by atoms with Crippen molar-refractivity contribution in [3.63, 3.8) is 0 Å². The van der Waals surface area contributed by atoms with Gasteiger partial charge < -0.3 is 15.4 Å². The van der Waals surface area contributed by atoms with E-state index in [-0.39, 0.29) is 17.3 Å². The second kappa shape index (κ2) is 8.83. The third-order valence-corrected chi connectivity index (χ3v) is 4.13. The summed E-state index contributed by atoms with van der Waals surface area (Å²) in [5.41, 5.74) is 0.316. The number of hydrogen-bond donors (Lipinski definition) is 2. The van der Waals surface area contributed by atoms with Gasteiger partial charge in [0.1, 0.15) is 5.69 Å². The van der Waals surface area contributed by atoms with E-state index in [1.54, 1.807) is 0 Å². The number of carbonyl (C=O) groups excluding carboxylic acids is 1. The van der Waals surface area contributed by atoms with Crippen LogP contribution in [0.5, 0.6) is 0 Å². The van der Waals surface area contributed by atoms with E-state index in [1.807, 2.05) is 0 Å². The van der Waals surface area contributed by atoms with Crippen LogP contribution in [-0.2, 0) is 4.74 Å². The number of halogens is 3. The zero-order valence-electron chi connectivity index (χ0n) is 14.5. The third kappa shape index (κ3) is 4.95. The van der Waals surface area contributed by atoms with Gasteiger partial charge in [-0.2, -0.15) is 0 Å². The zero-order valence-corrected chi connectivity index (χ0v) is 14.5. The number of carbonyl (C=O) groups is 1. The van der Waals surface area contributed by atoms with Crippen molar-refractivity contribution in [3.8, 4) is 0 Å². The first-order chi connectivity index (χ1) is 13.0. The lowest BCUT2D eigenvalue weighted by atomic mass is 10.2. The standard InChI is InChI=1S/C18H19F3N4O2/c19-13-2-4-14(17(21)16(13)20)24-12-1-3-15(23-11-12)18(26)22-5-6-25-7-9-27-10-8-25/h1-4,11,24H,5-10H2,(H,22,26). The van der Waals surface area contributed by atoms with Crippen LogP contribution in [0.1, 0.15) is 10.5 Å². The second-order valence-corrected chi connectivity index (χ2v) is 5.99. The number of hydrogen-bond acceptors (Lipinski definition) is 5. The molecule has 0 aliphatic carbocycles. The van der Waals surface area contributed by atoms with E-state index in [1.165, 1.54) is 18.3 Å². The van der Waals surface area contributed by atoms with Crippen LogP contribution in [0, 0.1) is 17.5 Å². The van der Waals surface area contributed by atoms with Crippen LogP contribution in [-0.4, -0.2) is 55.2 Å². The number of morpholine rings is 1. The van der Waals surface area contributed by atoms with Crippen molar-refractivity contribution in [2.45, 2.75) is 0 Å². The first-order valence-electron chi connectivity index (χ1n) is 8.49. The summed E-state index contributed by atoms with van der Waals surface area (Å²) in [7, 11) is 0. The molecule has 0 unspecified atom stereocenters. The lowest BCUT2D eigenvalue weighted by molar-refractivity contribution is 0.0383. The molecule has 2 N–H and O–H groups in total. The summed E-state index contributed by atoms with van der Waals surface area (Å²) in [5, 5.41) is 5.38. The van der Waals surface area contributed by atoms with E-state index >= 15 is 0 Å². The summed E-state index contributed by atoms with van der Waals surface area (Å²) in [6.07, 6.45) is 1.32. The van der Waals surface area contributed by atoms with Crippen LogP contribution in [0.15, 0.2) is 30.5 Å². The number of anilines is 2. The summed E-state index contributed by atoms with van der Waals surface area (Å²) in [6.45, 7) is 4.29. The SMILES string of the molecule is O=C(NCCN1CCOCC1)c1ccc(Nc2ccc(F)c(F)c2F)cn1. The Labute approximate surface area is 154 Å². The number of nitrogens with one attached hydrogen (secondary N) is 2. The van der Waals surface area contributed by atoms with E-state index < -0.39 is 17.5 Å². The normalized spacial score (nSPS) is 14.8. The minimum Gasteiger partial charge on any atom is -0.379 e. The first-order valence-corrected chi connectivity index (χ1v) is 8.49. The molecule has 1 saturated heterocycles. The van der Waals surface area contributed by atoms with Crippen molar-refractivity contribution >= 4 is 17.3 Å². The molecule has 6 nitrogen and oxygen atoms in total. The maximum absolute atomic E-state index is 13.7. The number of aromatic nitrogens is 1. The molecule has 1 aromatic carbocycles. The first kappa shape index (κ1) is 19.1. The topological polar surface area (TPSA) is 66.5 Å². The zero-order chi connectivity index (χ0) is 19.2. The van der Waals surface area contributed by atoms with E-state index in [2.05, 4.69) is 20.5 Å². The smallest absolute Gasteiger partial charge is 0.269 e. The van der Waals surface area contributed by atoms with Gasteiger partial charge in [-0.1, -0.05) is 0 Å². The monoisotopic (exact) mass is 380 g/mol. The molecule has 0 spiro atoms. The van der Waals surface area contributed by atoms with Crippen molar-refractivity contribution < 1.29 is 22.7 Å². The largest absolute Gasteiger partial charge is 0.379 e. The molecule has 2 aromatic rings. The Balaban J connectivity index is 1.53. The van der Waals surface area contributed by atoms with Gasteiger partial charge in [-0.15, -0.1) is 0 Å². The molecule has 9 heteroatoms. The maximum Gasteiger partial charge on any atom is 0.269 e. The summed E-state index contributed by atoms with van der Waals surface area (Å²) in [6, 6.07) is 4.87. The second-order valence-electron chi connectivity index (χ2n) is 5.99. The number of ether oxygens (including phenoxy) is 1. The predicted molar refractivity (Wildman–Crippen MR) is 93.4 cm³/mol. The summed E-state index contributed by atoms with van der Waals surface area (Å²) in [4.78, 5) is 18.3. The summed E-state index contributed by atoms with van der Waals surface area (Å²) in [5.74, 6) is -4.46. The minimum absolute atomic E-state index is 0.202. The van der Waals surface area contributed by atoms with E-state index in [0.717, 1.165) is 31.8 Å². The number of pyridine rings is 1. The number of amides is 1. The van der Waals surface area contributed by atoms with Crippen LogP contribution in [0.2, 0.25) is 0 Å². The Morgan fingerprint density at radius 2 is 1.89 bits per heavy atom. The van der Waals surface area contributed by atoms with E-state index in [4.69, 9.17) is 4.74 Å². The fourth-order valence-corrected chi connectivity index (χ4v) is 2.62. The highest BCUT2D eigenvalue weighted by atomic mass is 19.2. The van der Waals surface area contributed by atoms with E-state index in [9.17, 15) is 18.0 Å². The Hall–Kier alpha value is -2.65. The van der Waals surface area contributed by atoms with Crippen molar-refractivity contribution in [2.75, 3.05) is 44.7 Å². The summed E-state index contributed by atoms with van der Waals surface area (Å²) >= 11 is 0. The van der Waals surface area contributed by atoms with Gasteiger partial charge in [0.05, 0.1) is 30.8 Å². The van der Waals surface area contributed by atoms with Gasteiger partial charge in [0, 0.05) is 26.2 Å². The molecule has 1 aliphatic heterocycles.